The molecule has 4 rings (SSSR count). The van der Waals surface area contributed by atoms with Gasteiger partial charge in [0.25, 0.3) is 15.9 Å². The number of amides is 1. The molecule has 1 aliphatic heterocycles. The quantitative estimate of drug-likeness (QED) is 0.578. The molecule has 176 valence electrons. The topological polar surface area (TPSA) is 114 Å². The first-order valence-electron chi connectivity index (χ1n) is 11.1. The van der Waals surface area contributed by atoms with Crippen LogP contribution >= 0.6 is 11.3 Å². The van der Waals surface area contributed by atoms with Crippen LogP contribution in [0.15, 0.2) is 40.2 Å². The Morgan fingerprint density at radius 2 is 2.09 bits per heavy atom. The van der Waals surface area contributed by atoms with Gasteiger partial charge in [-0.2, -0.15) is 0 Å². The fourth-order valence-corrected chi connectivity index (χ4v) is 6.26. The highest BCUT2D eigenvalue weighted by molar-refractivity contribution is 7.90. The third-order valence-electron chi connectivity index (χ3n) is 5.85. The van der Waals surface area contributed by atoms with E-state index in [2.05, 4.69) is 22.0 Å². The molecule has 10 heteroatoms. The number of thiophene rings is 1. The number of fused-ring (bicyclic) bond motifs is 1. The van der Waals surface area contributed by atoms with E-state index in [1.165, 1.54) is 40.0 Å². The Labute approximate surface area is 197 Å². The van der Waals surface area contributed by atoms with Crippen molar-refractivity contribution < 1.29 is 22.7 Å². The van der Waals surface area contributed by atoms with E-state index < -0.39 is 28.5 Å². The van der Waals surface area contributed by atoms with Crippen LogP contribution in [0, 0.1) is 5.92 Å². The second-order valence-electron chi connectivity index (χ2n) is 8.27. The Balaban J connectivity index is 1.32. The number of nitrogens with zero attached hydrogens (tertiary/aromatic N) is 1. The van der Waals surface area contributed by atoms with E-state index in [9.17, 15) is 18.0 Å². The molecule has 2 N–H and O–H groups in total. The molecule has 0 fully saturated rings. The fourth-order valence-electron chi connectivity index (χ4n) is 4.03. The third-order valence-corrected chi connectivity index (χ3v) is 8.45. The van der Waals surface area contributed by atoms with Crippen molar-refractivity contribution >= 4 is 44.8 Å². The van der Waals surface area contributed by atoms with Crippen molar-refractivity contribution in [3.05, 3.63) is 45.6 Å². The molecule has 1 aliphatic carbocycles. The molecule has 1 amide bonds. The molecule has 0 radical (unpaired) electrons. The minimum atomic E-state index is -3.79. The molecule has 2 heterocycles. The van der Waals surface area contributed by atoms with Crippen LogP contribution in [0.25, 0.3) is 0 Å². The first-order valence-corrected chi connectivity index (χ1v) is 13.4. The molecule has 2 aliphatic rings. The number of aliphatic imine (C=N–C) groups is 1. The Bertz CT molecular complexity index is 1190. The number of rotatable bonds is 7. The van der Waals surface area contributed by atoms with E-state index in [0.717, 1.165) is 32.1 Å². The standard InChI is InChI=1S/C23H27N3O5S2/c1-2-15-8-9-19-16(11-15)12-20(32-19)23(28)31-14-22(27)25-17-5-3-6-18(13-17)33(29,30)26-21-7-4-10-24-21/h3,5-6,12-13,15H,2,4,7-11,14H2,1H3,(H,24,26)(H,25,27)/t15-/m1/s1. The first kappa shape index (κ1) is 23.4. The monoisotopic (exact) mass is 489 g/mol. The Hall–Kier alpha value is -2.72. The molecule has 33 heavy (non-hydrogen) atoms. The van der Waals surface area contributed by atoms with Gasteiger partial charge in [0.15, 0.2) is 6.61 Å². The van der Waals surface area contributed by atoms with Crippen LogP contribution in [-0.2, 0) is 32.4 Å². The number of benzene rings is 1. The molecular weight excluding hydrogens is 462 g/mol. The van der Waals surface area contributed by atoms with Crippen molar-refractivity contribution in [3.8, 4) is 0 Å². The van der Waals surface area contributed by atoms with Crippen LogP contribution in [0.4, 0.5) is 5.69 Å². The van der Waals surface area contributed by atoms with Gasteiger partial charge < -0.3 is 10.1 Å². The predicted molar refractivity (Wildman–Crippen MR) is 127 cm³/mol. The summed E-state index contributed by atoms with van der Waals surface area (Å²) in [6.07, 6.45) is 5.64. The molecule has 1 atom stereocenters. The summed E-state index contributed by atoms with van der Waals surface area (Å²) < 4.78 is 32.8. The third kappa shape index (κ3) is 5.80. The molecule has 0 saturated carbocycles. The van der Waals surface area contributed by atoms with Crippen LogP contribution in [0.5, 0.6) is 0 Å². The van der Waals surface area contributed by atoms with Gasteiger partial charge in [-0.15, -0.1) is 11.3 Å². The van der Waals surface area contributed by atoms with Gasteiger partial charge >= 0.3 is 5.97 Å². The van der Waals surface area contributed by atoms with Gasteiger partial charge in [-0.3, -0.25) is 14.5 Å². The number of carbonyl (C=O) groups is 2. The van der Waals surface area contributed by atoms with E-state index in [0.29, 0.717) is 35.3 Å². The molecule has 0 bridgehead atoms. The van der Waals surface area contributed by atoms with Crippen LogP contribution in [0.2, 0.25) is 0 Å². The number of carbonyl (C=O) groups excluding carboxylic acids is 2. The van der Waals surface area contributed by atoms with Crippen molar-refractivity contribution in [1.82, 2.24) is 4.72 Å². The summed E-state index contributed by atoms with van der Waals surface area (Å²) in [5.74, 6) is 0.0355. The zero-order chi connectivity index (χ0) is 23.4. The lowest BCUT2D eigenvalue weighted by molar-refractivity contribution is -0.119. The summed E-state index contributed by atoms with van der Waals surface area (Å²) in [6.45, 7) is 2.34. The summed E-state index contributed by atoms with van der Waals surface area (Å²) in [7, 11) is -3.79. The predicted octanol–water partition coefficient (Wildman–Crippen LogP) is 3.53. The maximum Gasteiger partial charge on any atom is 0.348 e. The number of anilines is 1. The summed E-state index contributed by atoms with van der Waals surface area (Å²) in [5, 5.41) is 2.58. The number of amidine groups is 1. The van der Waals surface area contributed by atoms with E-state index in [-0.39, 0.29) is 4.90 Å². The first-order chi connectivity index (χ1) is 15.8. The Kier molecular flexibility index (Phi) is 7.14. The minimum absolute atomic E-state index is 0.0152. The summed E-state index contributed by atoms with van der Waals surface area (Å²) in [4.78, 5) is 30.6. The van der Waals surface area contributed by atoms with Crippen molar-refractivity contribution in [3.63, 3.8) is 0 Å². The van der Waals surface area contributed by atoms with E-state index in [1.807, 2.05) is 6.07 Å². The van der Waals surface area contributed by atoms with Crippen molar-refractivity contribution in [2.75, 3.05) is 18.5 Å². The number of esters is 1. The second kappa shape index (κ2) is 10.0. The van der Waals surface area contributed by atoms with Gasteiger partial charge in [-0.1, -0.05) is 19.4 Å². The number of ether oxygens (including phenoxy) is 1. The Morgan fingerprint density at radius 1 is 1.24 bits per heavy atom. The molecule has 8 nitrogen and oxygen atoms in total. The molecular formula is C23H27N3O5S2. The lowest BCUT2D eigenvalue weighted by Crippen LogP contribution is -2.29. The number of hydrogen-bond acceptors (Lipinski definition) is 7. The lowest BCUT2D eigenvalue weighted by Gasteiger charge is -2.19. The van der Waals surface area contributed by atoms with E-state index >= 15 is 0 Å². The largest absolute Gasteiger partial charge is 0.451 e. The van der Waals surface area contributed by atoms with Crippen LogP contribution in [0.1, 0.15) is 52.7 Å². The number of aryl methyl sites for hydroxylation is 1. The van der Waals surface area contributed by atoms with Gasteiger partial charge in [-0.25, -0.2) is 13.2 Å². The van der Waals surface area contributed by atoms with E-state index in [1.54, 1.807) is 6.07 Å². The number of hydrogen-bond donors (Lipinski definition) is 2. The Morgan fingerprint density at radius 3 is 2.85 bits per heavy atom. The highest BCUT2D eigenvalue weighted by atomic mass is 32.2. The number of nitrogens with one attached hydrogen (secondary N) is 2. The SMILES string of the molecule is CC[C@@H]1CCc2sc(C(=O)OCC(=O)Nc3cccc(S(=O)(=O)NC4=NCCC4)c3)cc2C1. The number of sulfonamides is 1. The molecule has 1 aromatic carbocycles. The van der Waals surface area contributed by atoms with Gasteiger partial charge in [-0.05, 0) is 61.4 Å². The van der Waals surface area contributed by atoms with Crippen molar-refractivity contribution in [1.29, 1.82) is 0 Å². The minimum Gasteiger partial charge on any atom is -0.451 e. The van der Waals surface area contributed by atoms with Crippen molar-refractivity contribution in [2.45, 2.75) is 50.3 Å². The molecule has 0 saturated heterocycles. The molecule has 0 spiro atoms. The highest BCUT2D eigenvalue weighted by Gasteiger charge is 2.23. The van der Waals surface area contributed by atoms with Gasteiger partial charge in [0.1, 0.15) is 10.7 Å². The second-order valence-corrected chi connectivity index (χ2v) is 11.1. The maximum atomic E-state index is 12.5. The molecule has 0 unspecified atom stereocenters. The highest BCUT2D eigenvalue weighted by Crippen LogP contribution is 2.33. The van der Waals surface area contributed by atoms with Gasteiger partial charge in [0.05, 0.1) is 4.90 Å². The summed E-state index contributed by atoms with van der Waals surface area (Å²) in [6, 6.07) is 7.79. The van der Waals surface area contributed by atoms with Crippen LogP contribution in [0.3, 0.4) is 0 Å². The van der Waals surface area contributed by atoms with Crippen molar-refractivity contribution in [2.24, 2.45) is 10.9 Å². The van der Waals surface area contributed by atoms with Gasteiger partial charge in [0.2, 0.25) is 0 Å². The average molecular weight is 490 g/mol. The van der Waals surface area contributed by atoms with Gasteiger partial charge in [0, 0.05) is 23.5 Å². The molecule has 2 aromatic rings. The molecule has 1 aromatic heterocycles. The normalized spacial score (nSPS) is 17.7. The average Bonchev–Trinajstić information content (AvgIpc) is 3.46. The van der Waals surface area contributed by atoms with Crippen LogP contribution < -0.4 is 10.0 Å². The maximum absolute atomic E-state index is 12.5. The smallest absolute Gasteiger partial charge is 0.348 e. The lowest BCUT2D eigenvalue weighted by atomic mass is 9.87. The summed E-state index contributed by atoms with van der Waals surface area (Å²) >= 11 is 1.44. The van der Waals surface area contributed by atoms with E-state index in [4.69, 9.17) is 4.74 Å². The summed E-state index contributed by atoms with van der Waals surface area (Å²) in [5.41, 5.74) is 1.51. The fraction of sp³-hybridized carbons (Fsp3) is 0.435. The zero-order valence-corrected chi connectivity index (χ0v) is 20.1. The zero-order valence-electron chi connectivity index (χ0n) is 18.4. The van der Waals surface area contributed by atoms with Crippen LogP contribution in [-0.4, -0.2) is 39.3 Å².